The Hall–Kier alpha value is -4.39. The Morgan fingerprint density at radius 2 is 1.83 bits per heavy atom. The fourth-order valence-electron chi connectivity index (χ4n) is 5.19. The van der Waals surface area contributed by atoms with Crippen LogP contribution in [0.2, 0.25) is 0 Å². The van der Waals surface area contributed by atoms with Crippen molar-refractivity contribution in [1.82, 2.24) is 10.9 Å². The normalized spacial score (nSPS) is 16.8. The van der Waals surface area contributed by atoms with E-state index in [1.54, 1.807) is 48.2 Å². The summed E-state index contributed by atoms with van der Waals surface area (Å²) in [7, 11) is 0. The molecule has 0 fully saturated rings. The van der Waals surface area contributed by atoms with Crippen LogP contribution in [0, 0.1) is 5.82 Å². The van der Waals surface area contributed by atoms with E-state index in [9.17, 15) is 14.7 Å². The number of hydrazine groups is 1. The number of nitrogens with zero attached hydrogens (tertiary/aromatic N) is 4. The monoisotopic (exact) mass is 732 g/mol. The molecule has 13 heteroatoms. The number of amides is 1. The first kappa shape index (κ1) is 34.9. The highest BCUT2D eigenvalue weighted by molar-refractivity contribution is 9.10. The molecule has 3 N–H and O–H groups in total. The fraction of sp³-hybridized carbons (Fsp3) is 0.257. The van der Waals surface area contributed by atoms with Gasteiger partial charge in [-0.05, 0) is 59.1 Å². The summed E-state index contributed by atoms with van der Waals surface area (Å²) in [5.41, 5.74) is 17.0. The number of azide groups is 1. The summed E-state index contributed by atoms with van der Waals surface area (Å²) < 4.78 is 26.3. The highest BCUT2D eigenvalue weighted by Crippen LogP contribution is 2.45. The lowest BCUT2D eigenvalue weighted by Crippen LogP contribution is -2.54. The second kappa shape index (κ2) is 17.1. The largest absolute Gasteiger partial charge is 0.494 e. The van der Waals surface area contributed by atoms with Gasteiger partial charge in [-0.2, -0.15) is 11.8 Å². The minimum absolute atomic E-state index is 0.0375. The molecular weight excluding hydrogens is 699 g/mol. The van der Waals surface area contributed by atoms with Gasteiger partial charge in [-0.15, -0.1) is 0 Å². The molecule has 5 rings (SSSR count). The number of hydrogen-bond acceptors (Lipinski definition) is 8. The minimum atomic E-state index is -1.52. The standard InChI is InChI=1S/C35H34BrFN6O4S/c36-30-8-3-2-7-29(30)32-35(22-26-6-1-4-9-31(26)41-43-38,34(45)42-39-18-21-48-23-24-10-14-27(37)15-11-24)40-33(47-32)25-12-16-28(17-13-25)46-20-5-19-44/h1-4,6-17,32,39,44H,5,18-23H2,(H,42,45)/t32-,35-/m0/s1. The Kier molecular flexibility index (Phi) is 12.5. The smallest absolute Gasteiger partial charge is 0.266 e. The molecule has 10 nitrogen and oxygen atoms in total. The Balaban J connectivity index is 1.45. The second-order valence-electron chi connectivity index (χ2n) is 10.9. The molecule has 248 valence electrons. The molecule has 0 aliphatic carbocycles. The first-order valence-corrected chi connectivity index (χ1v) is 17.2. The highest BCUT2D eigenvalue weighted by Gasteiger charge is 2.54. The number of carbonyl (C=O) groups excluding carboxylic acids is 1. The van der Waals surface area contributed by atoms with E-state index in [1.165, 1.54) is 12.1 Å². The number of aliphatic hydroxyl groups is 1. The summed E-state index contributed by atoms with van der Waals surface area (Å²) in [6.45, 7) is 0.872. The Morgan fingerprint density at radius 3 is 2.58 bits per heavy atom. The molecule has 0 spiro atoms. The van der Waals surface area contributed by atoms with Crippen molar-refractivity contribution in [2.45, 2.75) is 30.2 Å². The van der Waals surface area contributed by atoms with Crippen LogP contribution in [0.15, 0.2) is 112 Å². The number of benzene rings is 4. The van der Waals surface area contributed by atoms with Crippen molar-refractivity contribution in [3.8, 4) is 5.75 Å². The third kappa shape index (κ3) is 8.74. The van der Waals surface area contributed by atoms with Crippen LogP contribution in [0.25, 0.3) is 10.4 Å². The zero-order valence-electron chi connectivity index (χ0n) is 25.9. The van der Waals surface area contributed by atoms with Crippen molar-refractivity contribution in [2.24, 2.45) is 10.1 Å². The first-order valence-electron chi connectivity index (χ1n) is 15.3. The van der Waals surface area contributed by atoms with Crippen LogP contribution in [0.4, 0.5) is 10.1 Å². The van der Waals surface area contributed by atoms with E-state index < -0.39 is 17.6 Å². The molecule has 0 radical (unpaired) electrons. The zero-order chi connectivity index (χ0) is 33.8. The van der Waals surface area contributed by atoms with Gasteiger partial charge in [-0.1, -0.05) is 75.6 Å². The highest BCUT2D eigenvalue weighted by atomic mass is 79.9. The Bertz CT molecular complexity index is 1770. The Morgan fingerprint density at radius 1 is 1.08 bits per heavy atom. The van der Waals surface area contributed by atoms with Crippen LogP contribution in [0.3, 0.4) is 0 Å². The topological polar surface area (TPSA) is 141 Å². The van der Waals surface area contributed by atoms with Crippen molar-refractivity contribution in [3.05, 3.63) is 140 Å². The van der Waals surface area contributed by atoms with E-state index in [2.05, 4.69) is 36.8 Å². The van der Waals surface area contributed by atoms with Crippen LogP contribution in [0.5, 0.6) is 5.75 Å². The lowest BCUT2D eigenvalue weighted by atomic mass is 9.81. The number of aliphatic imine (C=N–C) groups is 1. The molecule has 0 aromatic heterocycles. The summed E-state index contributed by atoms with van der Waals surface area (Å²) in [6, 6.07) is 28.2. The van der Waals surface area contributed by atoms with Gasteiger partial charge in [-0.25, -0.2) is 14.8 Å². The SMILES string of the molecule is [N-]=[N+]=Nc1ccccc1C[C@]1(C(=O)NNCCSCc2ccc(F)cc2)N=C(c2ccc(OCCCO)cc2)O[C@H]1c1ccccc1Br. The molecule has 1 aliphatic heterocycles. The van der Waals surface area contributed by atoms with E-state index in [4.69, 9.17) is 19.6 Å². The van der Waals surface area contributed by atoms with E-state index in [0.717, 1.165) is 10.0 Å². The summed E-state index contributed by atoms with van der Waals surface area (Å²) in [6.07, 6.45) is -0.286. The second-order valence-corrected chi connectivity index (χ2v) is 12.8. The molecule has 0 saturated carbocycles. The summed E-state index contributed by atoms with van der Waals surface area (Å²) in [5, 5.41) is 13.0. The maximum absolute atomic E-state index is 14.4. The van der Waals surface area contributed by atoms with Crippen molar-refractivity contribution in [2.75, 3.05) is 25.5 Å². The van der Waals surface area contributed by atoms with Gasteiger partial charge in [0.15, 0.2) is 11.6 Å². The van der Waals surface area contributed by atoms with Crippen LogP contribution >= 0.6 is 27.7 Å². The number of rotatable bonds is 16. The zero-order valence-corrected chi connectivity index (χ0v) is 28.3. The number of aliphatic hydroxyl groups excluding tert-OH is 1. The fourth-order valence-corrected chi connectivity index (χ4v) is 6.50. The Labute approximate surface area is 290 Å². The van der Waals surface area contributed by atoms with Crippen LogP contribution in [-0.2, 0) is 21.7 Å². The molecule has 48 heavy (non-hydrogen) atoms. The summed E-state index contributed by atoms with van der Waals surface area (Å²) in [5.74, 6) is 1.57. The lowest BCUT2D eigenvalue weighted by Gasteiger charge is -2.31. The molecule has 4 aromatic carbocycles. The molecule has 2 atom stereocenters. The lowest BCUT2D eigenvalue weighted by molar-refractivity contribution is -0.130. The number of carbonyl (C=O) groups is 1. The molecule has 1 heterocycles. The summed E-state index contributed by atoms with van der Waals surface area (Å²) >= 11 is 5.29. The van der Waals surface area contributed by atoms with Crippen LogP contribution < -0.4 is 15.6 Å². The van der Waals surface area contributed by atoms with Gasteiger partial charge < -0.3 is 14.6 Å². The predicted octanol–water partition coefficient (Wildman–Crippen LogP) is 7.35. The van der Waals surface area contributed by atoms with Crippen molar-refractivity contribution in [1.29, 1.82) is 0 Å². The van der Waals surface area contributed by atoms with Gasteiger partial charge in [0.25, 0.3) is 5.91 Å². The molecule has 0 unspecified atom stereocenters. The van der Waals surface area contributed by atoms with Crippen molar-refractivity contribution in [3.63, 3.8) is 0 Å². The van der Waals surface area contributed by atoms with E-state index >= 15 is 0 Å². The maximum Gasteiger partial charge on any atom is 0.266 e. The number of halogens is 2. The maximum atomic E-state index is 14.4. The van der Waals surface area contributed by atoms with Crippen LogP contribution in [0.1, 0.15) is 34.8 Å². The minimum Gasteiger partial charge on any atom is -0.494 e. The van der Waals surface area contributed by atoms with E-state index in [0.29, 0.717) is 59.2 Å². The molecular formula is C35H34BrFN6O4S. The molecule has 1 amide bonds. The van der Waals surface area contributed by atoms with E-state index in [-0.39, 0.29) is 24.7 Å². The van der Waals surface area contributed by atoms with Crippen molar-refractivity contribution >= 4 is 45.2 Å². The van der Waals surface area contributed by atoms with Gasteiger partial charge >= 0.3 is 0 Å². The van der Waals surface area contributed by atoms with Gasteiger partial charge in [0.1, 0.15) is 11.6 Å². The number of nitrogens with one attached hydrogen (secondary N) is 2. The van der Waals surface area contributed by atoms with Gasteiger partial charge in [0.05, 0.1) is 6.61 Å². The quantitative estimate of drug-likeness (QED) is 0.0362. The average molecular weight is 734 g/mol. The number of ether oxygens (including phenoxy) is 2. The van der Waals surface area contributed by atoms with Gasteiger partial charge in [-0.3, -0.25) is 10.2 Å². The molecule has 0 saturated heterocycles. The van der Waals surface area contributed by atoms with Gasteiger partial charge in [0.2, 0.25) is 5.90 Å². The first-order chi connectivity index (χ1) is 23.4. The molecule has 1 aliphatic rings. The van der Waals surface area contributed by atoms with Crippen LogP contribution in [-0.4, -0.2) is 48.0 Å². The van der Waals surface area contributed by atoms with Gasteiger partial charge in [0, 0.05) is 63.7 Å². The summed E-state index contributed by atoms with van der Waals surface area (Å²) in [4.78, 5) is 22.5. The molecule has 0 bridgehead atoms. The molecule has 4 aromatic rings. The number of thioether (sulfide) groups is 1. The van der Waals surface area contributed by atoms with E-state index in [1.807, 2.05) is 48.5 Å². The van der Waals surface area contributed by atoms with Crippen molar-refractivity contribution < 1.29 is 23.8 Å². The predicted molar refractivity (Wildman–Crippen MR) is 189 cm³/mol. The third-order valence-electron chi connectivity index (χ3n) is 7.58. The average Bonchev–Trinajstić information content (AvgIpc) is 3.48. The number of hydrogen-bond donors (Lipinski definition) is 3. The third-order valence-corrected chi connectivity index (χ3v) is 9.33.